The van der Waals surface area contributed by atoms with Crippen LogP contribution in [0.5, 0.6) is 0 Å². The molecule has 2 rings (SSSR count). The lowest BCUT2D eigenvalue weighted by atomic mass is 10.1. The average molecular weight is 293 g/mol. The topological polar surface area (TPSA) is 18.5 Å². The van der Waals surface area contributed by atoms with Crippen molar-refractivity contribution >= 4 is 5.69 Å². The first kappa shape index (κ1) is 16.2. The minimum atomic E-state index is -0.148. The van der Waals surface area contributed by atoms with Crippen molar-refractivity contribution < 1.29 is 4.39 Å². The van der Waals surface area contributed by atoms with Gasteiger partial charge in [-0.15, -0.1) is 0 Å². The normalized spacial score (nSPS) is 16.7. The van der Waals surface area contributed by atoms with Crippen molar-refractivity contribution in [3.05, 3.63) is 29.6 Å². The van der Waals surface area contributed by atoms with Crippen molar-refractivity contribution in [2.24, 2.45) is 5.92 Å². The number of piperazine rings is 1. The van der Waals surface area contributed by atoms with E-state index < -0.39 is 0 Å². The van der Waals surface area contributed by atoms with Crippen LogP contribution in [0.1, 0.15) is 26.3 Å². The standard InChI is InChI=1S/C17H28FN3/c1-4-19-12-15-11-16(18)5-6-17(15)21-9-7-20(8-10-21)13-14(2)3/h5-6,11,14,19H,4,7-10,12-13H2,1-3H3. The minimum Gasteiger partial charge on any atom is -0.369 e. The smallest absolute Gasteiger partial charge is 0.123 e. The summed E-state index contributed by atoms with van der Waals surface area (Å²) >= 11 is 0. The monoisotopic (exact) mass is 293 g/mol. The predicted molar refractivity (Wildman–Crippen MR) is 87.3 cm³/mol. The molecule has 1 N–H and O–H groups in total. The number of nitrogens with one attached hydrogen (secondary N) is 1. The second-order valence-electron chi connectivity index (χ2n) is 6.23. The summed E-state index contributed by atoms with van der Waals surface area (Å²) < 4.78 is 13.5. The van der Waals surface area contributed by atoms with E-state index in [9.17, 15) is 4.39 Å². The van der Waals surface area contributed by atoms with Gasteiger partial charge < -0.3 is 10.2 Å². The number of rotatable bonds is 6. The number of hydrogen-bond acceptors (Lipinski definition) is 3. The zero-order valence-electron chi connectivity index (χ0n) is 13.5. The van der Waals surface area contributed by atoms with Gasteiger partial charge in [-0.2, -0.15) is 0 Å². The molecule has 4 heteroatoms. The summed E-state index contributed by atoms with van der Waals surface area (Å²) in [4.78, 5) is 4.91. The molecule has 0 bridgehead atoms. The van der Waals surface area contributed by atoms with Gasteiger partial charge in [0.15, 0.2) is 0 Å². The highest BCUT2D eigenvalue weighted by atomic mass is 19.1. The first-order valence-corrected chi connectivity index (χ1v) is 8.06. The highest BCUT2D eigenvalue weighted by molar-refractivity contribution is 5.54. The Balaban J connectivity index is 2.02. The lowest BCUT2D eigenvalue weighted by Gasteiger charge is -2.37. The highest BCUT2D eigenvalue weighted by Crippen LogP contribution is 2.23. The van der Waals surface area contributed by atoms with Crippen LogP contribution in [0, 0.1) is 11.7 Å². The third kappa shape index (κ3) is 4.68. The lowest BCUT2D eigenvalue weighted by molar-refractivity contribution is 0.231. The maximum atomic E-state index is 13.5. The van der Waals surface area contributed by atoms with Gasteiger partial charge in [-0.05, 0) is 36.2 Å². The van der Waals surface area contributed by atoms with Gasteiger partial charge in [-0.3, -0.25) is 4.90 Å². The minimum absolute atomic E-state index is 0.148. The zero-order valence-corrected chi connectivity index (χ0v) is 13.5. The van der Waals surface area contributed by atoms with E-state index in [0.717, 1.165) is 44.8 Å². The van der Waals surface area contributed by atoms with Crippen molar-refractivity contribution in [3.8, 4) is 0 Å². The van der Waals surface area contributed by atoms with E-state index in [1.54, 1.807) is 12.1 Å². The molecule has 1 aliphatic rings. The quantitative estimate of drug-likeness (QED) is 0.870. The average Bonchev–Trinajstić information content (AvgIpc) is 2.46. The van der Waals surface area contributed by atoms with Crippen LogP contribution in [0.2, 0.25) is 0 Å². The van der Waals surface area contributed by atoms with Crippen LogP contribution in [0.3, 0.4) is 0 Å². The fraction of sp³-hybridized carbons (Fsp3) is 0.647. The summed E-state index contributed by atoms with van der Waals surface area (Å²) in [6, 6.07) is 5.17. The third-order valence-electron chi connectivity index (χ3n) is 3.94. The molecule has 0 aromatic heterocycles. The molecule has 118 valence electrons. The Kier molecular flexibility index (Phi) is 6.00. The number of nitrogens with zero attached hydrogens (tertiary/aromatic N) is 2. The highest BCUT2D eigenvalue weighted by Gasteiger charge is 2.19. The first-order valence-electron chi connectivity index (χ1n) is 8.06. The Morgan fingerprint density at radius 3 is 2.52 bits per heavy atom. The molecule has 1 saturated heterocycles. The molecular weight excluding hydrogens is 265 g/mol. The number of hydrogen-bond donors (Lipinski definition) is 1. The third-order valence-corrected chi connectivity index (χ3v) is 3.94. The molecule has 0 unspecified atom stereocenters. The van der Waals surface area contributed by atoms with Gasteiger partial charge in [0.2, 0.25) is 0 Å². The van der Waals surface area contributed by atoms with Gasteiger partial charge >= 0.3 is 0 Å². The van der Waals surface area contributed by atoms with Crippen molar-refractivity contribution in [3.63, 3.8) is 0 Å². The van der Waals surface area contributed by atoms with E-state index in [1.165, 1.54) is 12.2 Å². The van der Waals surface area contributed by atoms with E-state index in [2.05, 4.69) is 35.9 Å². The predicted octanol–water partition coefficient (Wildman–Crippen LogP) is 2.71. The van der Waals surface area contributed by atoms with E-state index >= 15 is 0 Å². The second kappa shape index (κ2) is 7.76. The summed E-state index contributed by atoms with van der Waals surface area (Å²) in [5.74, 6) is 0.566. The van der Waals surface area contributed by atoms with E-state index in [-0.39, 0.29) is 5.82 Å². The van der Waals surface area contributed by atoms with Crippen LogP contribution in [-0.2, 0) is 6.54 Å². The molecule has 0 spiro atoms. The molecule has 1 fully saturated rings. The van der Waals surface area contributed by atoms with Gasteiger partial charge in [-0.1, -0.05) is 20.8 Å². The molecule has 0 amide bonds. The van der Waals surface area contributed by atoms with Gasteiger partial charge in [0.05, 0.1) is 0 Å². The maximum absolute atomic E-state index is 13.5. The molecule has 1 aliphatic heterocycles. The van der Waals surface area contributed by atoms with Crippen LogP contribution in [0.25, 0.3) is 0 Å². The van der Waals surface area contributed by atoms with Gasteiger partial charge in [0.25, 0.3) is 0 Å². The van der Waals surface area contributed by atoms with Gasteiger partial charge in [-0.25, -0.2) is 4.39 Å². The summed E-state index contributed by atoms with van der Waals surface area (Å²) in [7, 11) is 0. The fourth-order valence-corrected chi connectivity index (χ4v) is 2.95. The summed E-state index contributed by atoms with van der Waals surface area (Å²) in [5.41, 5.74) is 2.25. The second-order valence-corrected chi connectivity index (χ2v) is 6.23. The Bertz CT molecular complexity index is 440. The number of halogens is 1. The molecule has 3 nitrogen and oxygen atoms in total. The Hall–Kier alpha value is -1.13. The Morgan fingerprint density at radius 1 is 1.19 bits per heavy atom. The summed E-state index contributed by atoms with van der Waals surface area (Å²) in [6.07, 6.45) is 0. The maximum Gasteiger partial charge on any atom is 0.123 e. The molecule has 0 saturated carbocycles. The van der Waals surface area contributed by atoms with E-state index in [1.807, 2.05) is 6.07 Å². The summed E-state index contributed by atoms with van der Waals surface area (Å²) in [6.45, 7) is 13.6. The first-order chi connectivity index (χ1) is 10.1. The fourth-order valence-electron chi connectivity index (χ4n) is 2.95. The number of benzene rings is 1. The molecule has 21 heavy (non-hydrogen) atoms. The van der Waals surface area contributed by atoms with E-state index in [4.69, 9.17) is 0 Å². The van der Waals surface area contributed by atoms with Crippen LogP contribution < -0.4 is 10.2 Å². The Labute approximate surface area is 128 Å². The van der Waals surface area contributed by atoms with Crippen molar-refractivity contribution in [1.82, 2.24) is 10.2 Å². The largest absolute Gasteiger partial charge is 0.369 e. The molecule has 1 aromatic carbocycles. The number of anilines is 1. The molecule has 0 aliphatic carbocycles. The van der Waals surface area contributed by atoms with Gasteiger partial charge in [0, 0.05) is 45.0 Å². The molecule has 0 radical (unpaired) electrons. The van der Waals surface area contributed by atoms with Crippen molar-refractivity contribution in [2.45, 2.75) is 27.3 Å². The van der Waals surface area contributed by atoms with Crippen molar-refractivity contribution in [2.75, 3.05) is 44.2 Å². The van der Waals surface area contributed by atoms with Crippen LogP contribution in [-0.4, -0.2) is 44.2 Å². The van der Waals surface area contributed by atoms with Crippen LogP contribution in [0.15, 0.2) is 18.2 Å². The lowest BCUT2D eigenvalue weighted by Crippen LogP contribution is -2.47. The van der Waals surface area contributed by atoms with E-state index in [0.29, 0.717) is 5.92 Å². The zero-order chi connectivity index (χ0) is 15.2. The van der Waals surface area contributed by atoms with Crippen LogP contribution in [0.4, 0.5) is 10.1 Å². The van der Waals surface area contributed by atoms with Crippen molar-refractivity contribution in [1.29, 1.82) is 0 Å². The molecule has 1 aromatic rings. The Morgan fingerprint density at radius 2 is 1.90 bits per heavy atom. The SMILES string of the molecule is CCNCc1cc(F)ccc1N1CCN(CC(C)C)CC1. The van der Waals surface area contributed by atoms with Crippen LogP contribution >= 0.6 is 0 Å². The molecular formula is C17H28FN3. The molecule has 1 heterocycles. The summed E-state index contributed by atoms with van der Waals surface area (Å²) in [5, 5.41) is 3.30. The van der Waals surface area contributed by atoms with Gasteiger partial charge in [0.1, 0.15) is 5.82 Å². The molecule has 0 atom stereocenters.